The molecule has 0 spiro atoms. The molecule has 4 aliphatic rings. The van der Waals surface area contributed by atoms with Crippen molar-refractivity contribution < 1.29 is 0 Å². The molecule has 0 N–H and O–H groups in total. The van der Waals surface area contributed by atoms with Crippen LogP contribution in [0.1, 0.15) is 188 Å². The Morgan fingerprint density at radius 1 is 0.449 bits per heavy atom. The van der Waals surface area contributed by atoms with Gasteiger partial charge in [-0.3, -0.25) is 0 Å². The second kappa shape index (κ2) is 17.5. The molecule has 400 valence electrons. The summed E-state index contributed by atoms with van der Waals surface area (Å²) in [6.45, 7) is 43.5. The lowest BCUT2D eigenvalue weighted by atomic mass is 9.35. The molecule has 78 heavy (non-hydrogen) atoms. The van der Waals surface area contributed by atoms with Crippen LogP contribution in [0, 0.1) is 6.92 Å². The third kappa shape index (κ3) is 8.49. The van der Waals surface area contributed by atoms with Gasteiger partial charge in [0.25, 0.3) is 6.71 Å². The molecule has 0 saturated heterocycles. The Morgan fingerprint density at radius 2 is 0.974 bits per heavy atom. The predicted molar refractivity (Wildman–Crippen MR) is 342 cm³/mol. The topological polar surface area (TPSA) is 9.72 Å². The monoisotopic (exact) mass is 1050 g/mol. The summed E-state index contributed by atoms with van der Waals surface area (Å²) in [6.07, 6.45) is 4.65. The van der Waals surface area contributed by atoms with Gasteiger partial charge in [0.15, 0.2) is 0 Å². The molecule has 0 radical (unpaired) electrons. The molecule has 0 bridgehead atoms. The molecule has 3 heterocycles. The third-order valence-electron chi connectivity index (χ3n) is 19.1. The first-order valence-corrected chi connectivity index (χ1v) is 30.0. The van der Waals surface area contributed by atoms with E-state index in [2.05, 4.69) is 273 Å². The maximum absolute atomic E-state index is 2.75. The van der Waals surface area contributed by atoms with Crippen molar-refractivity contribution in [2.45, 2.75) is 188 Å². The molecule has 0 saturated carbocycles. The minimum absolute atomic E-state index is 0.00851. The maximum atomic E-state index is 2.75. The molecule has 5 heteroatoms. The summed E-state index contributed by atoms with van der Waals surface area (Å²) in [5, 5.41) is 1.33. The summed E-state index contributed by atoms with van der Waals surface area (Å²) in [5.74, 6) is 0. The van der Waals surface area contributed by atoms with Crippen molar-refractivity contribution in [1.29, 1.82) is 0 Å². The largest absolute Gasteiger partial charge is 0.311 e. The third-order valence-corrected chi connectivity index (χ3v) is 20.3. The lowest BCUT2D eigenvalue weighted by Crippen LogP contribution is -2.61. The molecule has 12 rings (SSSR count). The highest BCUT2D eigenvalue weighted by molar-refractivity contribution is 7.33. The van der Waals surface area contributed by atoms with Crippen molar-refractivity contribution in [2.75, 3.05) is 14.7 Å². The number of aryl methyl sites for hydroxylation is 1. The molecule has 7 aromatic carbocycles. The minimum atomic E-state index is -0.0890. The van der Waals surface area contributed by atoms with Gasteiger partial charge in [0, 0.05) is 54.7 Å². The Morgan fingerprint density at radius 3 is 1.55 bits per heavy atom. The summed E-state index contributed by atoms with van der Waals surface area (Å²) >= 11 is 2.03. The Hall–Kier alpha value is -6.04. The van der Waals surface area contributed by atoms with Crippen LogP contribution in [0.2, 0.25) is 0 Å². The zero-order valence-corrected chi connectivity index (χ0v) is 51.2. The van der Waals surface area contributed by atoms with Crippen molar-refractivity contribution in [2.24, 2.45) is 0 Å². The number of benzene rings is 7. The van der Waals surface area contributed by atoms with Crippen molar-refractivity contribution in [3.8, 4) is 0 Å². The van der Waals surface area contributed by atoms with Crippen LogP contribution in [-0.4, -0.2) is 6.71 Å². The van der Waals surface area contributed by atoms with Gasteiger partial charge in [0.2, 0.25) is 0 Å². The number of anilines is 9. The molecule has 2 aliphatic heterocycles. The zero-order valence-electron chi connectivity index (χ0n) is 50.4. The highest BCUT2D eigenvalue weighted by Crippen LogP contribution is 2.55. The van der Waals surface area contributed by atoms with Gasteiger partial charge >= 0.3 is 0 Å². The van der Waals surface area contributed by atoms with Crippen molar-refractivity contribution in [3.63, 3.8) is 0 Å². The number of thiophene rings is 1. The fourth-order valence-corrected chi connectivity index (χ4v) is 15.0. The number of nitrogens with zero attached hydrogens (tertiary/aromatic N) is 3. The molecule has 8 aromatic rings. The van der Waals surface area contributed by atoms with Gasteiger partial charge in [-0.15, -0.1) is 11.3 Å². The van der Waals surface area contributed by atoms with Crippen LogP contribution in [0.3, 0.4) is 0 Å². The van der Waals surface area contributed by atoms with E-state index in [0.717, 1.165) is 36.3 Å². The zero-order chi connectivity index (χ0) is 55.6. The summed E-state index contributed by atoms with van der Waals surface area (Å²) in [5.41, 5.74) is 25.0. The summed E-state index contributed by atoms with van der Waals surface area (Å²) in [4.78, 5) is 8.00. The smallest absolute Gasteiger partial charge is 0.264 e. The molecule has 1 aromatic heterocycles. The normalized spacial score (nSPS) is 17.7. The summed E-state index contributed by atoms with van der Waals surface area (Å²) < 4.78 is 2.76. The Kier molecular flexibility index (Phi) is 11.8. The molecule has 0 atom stereocenters. The van der Waals surface area contributed by atoms with Crippen LogP contribution in [-0.2, 0) is 37.9 Å². The van der Waals surface area contributed by atoms with E-state index in [1.807, 2.05) is 11.3 Å². The Bertz CT molecular complexity index is 3680. The van der Waals surface area contributed by atoms with Crippen molar-refractivity contribution in [3.05, 3.63) is 178 Å². The number of hydrogen-bond acceptors (Lipinski definition) is 4. The van der Waals surface area contributed by atoms with E-state index in [-0.39, 0.29) is 44.6 Å². The number of rotatable bonds is 5. The van der Waals surface area contributed by atoms with E-state index in [4.69, 9.17) is 0 Å². The van der Waals surface area contributed by atoms with E-state index in [9.17, 15) is 0 Å². The number of para-hydroxylation sites is 1. The molecule has 2 aliphatic carbocycles. The average molecular weight is 1050 g/mol. The SMILES string of the molecule is Cc1ccc(N(c2ccccc2)c2cc3c4c(c2)N(c2cc(C(C)(C)C)cc(C(C)(C)C)c2)c2c(sc5ccc(C(C)(C)C)cc25)B4c2cc4c(cc2N3c2ccc3c(c2)C(C)(C)CCC3(C)C)C(C)(C)CCC4(C)C)cc1. The van der Waals surface area contributed by atoms with Crippen LogP contribution in [0.5, 0.6) is 0 Å². The van der Waals surface area contributed by atoms with Crippen LogP contribution in [0.4, 0.5) is 51.2 Å². The van der Waals surface area contributed by atoms with Gasteiger partial charge in [-0.25, -0.2) is 0 Å². The first-order chi connectivity index (χ1) is 36.4. The molecule has 0 fully saturated rings. The van der Waals surface area contributed by atoms with Crippen molar-refractivity contribution in [1.82, 2.24) is 0 Å². The fraction of sp³-hybridized carbons (Fsp3) is 0.397. The van der Waals surface area contributed by atoms with Crippen LogP contribution >= 0.6 is 11.3 Å². The quantitative estimate of drug-likeness (QED) is 0.159. The van der Waals surface area contributed by atoms with Crippen LogP contribution in [0.25, 0.3) is 10.1 Å². The summed E-state index contributed by atoms with van der Waals surface area (Å²) in [6, 6.07) is 53.4. The minimum Gasteiger partial charge on any atom is -0.311 e. The highest BCUT2D eigenvalue weighted by atomic mass is 32.1. The number of hydrogen-bond donors (Lipinski definition) is 0. The number of fused-ring (bicyclic) bond motifs is 8. The van der Waals surface area contributed by atoms with Crippen molar-refractivity contribution >= 4 is 95.0 Å². The van der Waals surface area contributed by atoms with Gasteiger partial charge in [0.05, 0.1) is 11.4 Å². The second-order valence-corrected chi connectivity index (χ2v) is 30.9. The molecular formula is C73H84BN3S. The lowest BCUT2D eigenvalue weighted by Gasteiger charge is -2.48. The standard InChI is InChI=1S/C73H84BN3S/c1-45-24-27-50(28-25-45)75(49-22-20-19-21-23-49)53-41-61-64-62(42-53)77(52-37-47(68(5,6)7)36-48(38-52)69(8,9)10)65-54-39-46(67(2,3)4)26-31-63(54)78-66(65)74(64)59-43-57-58(73(17,18)35-34-72(57,15)16)44-60(59)76(61)51-29-30-55-56(40-51)71(13,14)33-32-70(55,11)12/h19-31,36-44H,32-35H2,1-18H3. The maximum Gasteiger partial charge on any atom is 0.264 e. The van der Waals surface area contributed by atoms with Gasteiger partial charge in [0.1, 0.15) is 0 Å². The predicted octanol–water partition coefficient (Wildman–Crippen LogP) is 19.4. The van der Waals surface area contributed by atoms with Crippen LogP contribution < -0.4 is 30.4 Å². The molecule has 3 nitrogen and oxygen atoms in total. The first-order valence-electron chi connectivity index (χ1n) is 29.2. The molecule has 0 unspecified atom stereocenters. The van der Waals surface area contributed by atoms with Gasteiger partial charge in [-0.2, -0.15) is 0 Å². The van der Waals surface area contributed by atoms with E-state index in [0.29, 0.717) is 0 Å². The Balaban J connectivity index is 1.29. The highest BCUT2D eigenvalue weighted by Gasteiger charge is 2.49. The lowest BCUT2D eigenvalue weighted by molar-refractivity contribution is 0.332. The van der Waals surface area contributed by atoms with Crippen LogP contribution in [0.15, 0.2) is 133 Å². The molecule has 0 amide bonds. The van der Waals surface area contributed by atoms with E-state index in [1.54, 1.807) is 0 Å². The van der Waals surface area contributed by atoms with Gasteiger partial charge < -0.3 is 14.7 Å². The van der Waals surface area contributed by atoms with Gasteiger partial charge in [-0.05, 0) is 199 Å². The van der Waals surface area contributed by atoms with Gasteiger partial charge in [-0.1, -0.05) is 178 Å². The molecular weight excluding hydrogens is 962 g/mol. The summed E-state index contributed by atoms with van der Waals surface area (Å²) in [7, 11) is 0. The van der Waals surface area contributed by atoms with E-state index in [1.165, 1.54) is 111 Å². The van der Waals surface area contributed by atoms with E-state index >= 15 is 0 Å². The Labute approximate surface area is 473 Å². The van der Waals surface area contributed by atoms with E-state index < -0.39 is 0 Å². The first kappa shape index (κ1) is 52.7. The fourth-order valence-electron chi connectivity index (χ4n) is 13.7. The second-order valence-electron chi connectivity index (χ2n) is 29.8. The average Bonchev–Trinajstić information content (AvgIpc) is 3.87.